The fraction of sp³-hybridized carbons (Fsp3) is 0.353. The summed E-state index contributed by atoms with van der Waals surface area (Å²) < 4.78 is 7.74. The predicted octanol–water partition coefficient (Wildman–Crippen LogP) is 4.48. The van der Waals surface area contributed by atoms with Crippen LogP contribution in [-0.2, 0) is 13.2 Å². The molecule has 1 aromatic heterocycles. The maximum absolute atomic E-state index is 8.55. The van der Waals surface area contributed by atoms with E-state index in [0.717, 1.165) is 35.3 Å². The Kier molecular flexibility index (Phi) is 7.66. The van der Waals surface area contributed by atoms with Crippen LogP contribution >= 0.6 is 23.4 Å². The first-order valence-corrected chi connectivity index (χ1v) is 9.02. The molecule has 1 aromatic carbocycles. The van der Waals surface area contributed by atoms with Crippen molar-refractivity contribution in [3.05, 3.63) is 47.8 Å². The van der Waals surface area contributed by atoms with Crippen LogP contribution in [0, 0.1) is 11.3 Å². The minimum absolute atomic E-state index is 0.331. The number of nitrogens with zero attached hydrogens (tertiary/aromatic N) is 4. The van der Waals surface area contributed by atoms with Crippen molar-refractivity contribution in [1.82, 2.24) is 14.8 Å². The second-order valence-corrected chi connectivity index (χ2v) is 6.50. The molecule has 0 radical (unpaired) electrons. The molecule has 2 aromatic rings. The normalized spacial score (nSPS) is 10.3. The van der Waals surface area contributed by atoms with Gasteiger partial charge in [0.2, 0.25) is 0 Å². The Morgan fingerprint density at radius 3 is 2.79 bits per heavy atom. The van der Waals surface area contributed by atoms with Crippen molar-refractivity contribution in [2.24, 2.45) is 0 Å². The van der Waals surface area contributed by atoms with Crippen molar-refractivity contribution >= 4 is 23.4 Å². The maximum Gasteiger partial charge on any atom is 0.191 e. The van der Waals surface area contributed by atoms with E-state index in [2.05, 4.69) is 22.8 Å². The van der Waals surface area contributed by atoms with Crippen molar-refractivity contribution in [1.29, 1.82) is 5.26 Å². The number of aromatic nitrogens is 3. The molecule has 0 amide bonds. The largest absolute Gasteiger partial charge is 0.486 e. The van der Waals surface area contributed by atoms with E-state index in [4.69, 9.17) is 21.6 Å². The van der Waals surface area contributed by atoms with Gasteiger partial charge in [0.05, 0.1) is 6.07 Å². The molecular weight excluding hydrogens is 344 g/mol. The van der Waals surface area contributed by atoms with Gasteiger partial charge in [0.15, 0.2) is 11.0 Å². The van der Waals surface area contributed by atoms with Crippen LogP contribution in [0.5, 0.6) is 5.75 Å². The molecule has 0 N–H and O–H groups in total. The molecule has 126 valence electrons. The molecule has 0 aliphatic carbocycles. The van der Waals surface area contributed by atoms with Crippen LogP contribution in [0.4, 0.5) is 0 Å². The summed E-state index contributed by atoms with van der Waals surface area (Å²) in [6, 6.07) is 9.37. The molecule has 0 saturated carbocycles. The van der Waals surface area contributed by atoms with Gasteiger partial charge in [-0.25, -0.2) is 0 Å². The Bertz CT molecular complexity index is 694. The summed E-state index contributed by atoms with van der Waals surface area (Å²) in [5, 5.41) is 18.5. The highest BCUT2D eigenvalue weighted by molar-refractivity contribution is 7.99. The Hall–Kier alpha value is -1.97. The molecule has 7 heteroatoms. The molecule has 24 heavy (non-hydrogen) atoms. The molecule has 0 fully saturated rings. The Balaban J connectivity index is 1.95. The van der Waals surface area contributed by atoms with E-state index in [1.54, 1.807) is 23.9 Å². The second kappa shape index (κ2) is 10.0. The van der Waals surface area contributed by atoms with Crippen LogP contribution in [0.15, 0.2) is 42.1 Å². The summed E-state index contributed by atoms with van der Waals surface area (Å²) in [6.07, 6.45) is 4.30. The number of ether oxygens (including phenoxy) is 1. The zero-order chi connectivity index (χ0) is 17.2. The number of hydrogen-bond donors (Lipinski definition) is 0. The molecule has 5 nitrogen and oxygen atoms in total. The van der Waals surface area contributed by atoms with Gasteiger partial charge < -0.3 is 4.74 Å². The summed E-state index contributed by atoms with van der Waals surface area (Å²) in [4.78, 5) is 0. The molecule has 0 aliphatic heterocycles. The summed E-state index contributed by atoms with van der Waals surface area (Å²) >= 11 is 7.51. The standard InChI is InChI=1S/C17H19ClN4OS/c1-2-11-22-16(13-23-15-8-6-14(18)7-9-15)20-21-17(22)24-12-5-3-4-10-19/h2,6-9H,1,3-5,11-13H2. The smallest absolute Gasteiger partial charge is 0.191 e. The van der Waals surface area contributed by atoms with Crippen molar-refractivity contribution in [3.63, 3.8) is 0 Å². The zero-order valence-corrected chi connectivity index (χ0v) is 14.9. The lowest BCUT2D eigenvalue weighted by atomic mass is 10.3. The highest BCUT2D eigenvalue weighted by Gasteiger charge is 2.12. The van der Waals surface area contributed by atoms with Crippen LogP contribution in [0.2, 0.25) is 5.02 Å². The summed E-state index contributed by atoms with van der Waals surface area (Å²) in [6.45, 7) is 4.75. The van der Waals surface area contributed by atoms with Gasteiger partial charge in [-0.15, -0.1) is 16.8 Å². The summed E-state index contributed by atoms with van der Waals surface area (Å²) in [5.74, 6) is 2.40. The fourth-order valence-corrected chi connectivity index (χ4v) is 3.08. The SMILES string of the molecule is C=CCn1c(COc2ccc(Cl)cc2)nnc1SCCCCC#N. The minimum atomic E-state index is 0.331. The molecule has 1 heterocycles. The number of nitriles is 1. The van der Waals surface area contributed by atoms with Crippen LogP contribution < -0.4 is 4.74 Å². The van der Waals surface area contributed by atoms with Gasteiger partial charge in [-0.2, -0.15) is 5.26 Å². The van der Waals surface area contributed by atoms with Gasteiger partial charge in [-0.05, 0) is 37.1 Å². The summed E-state index contributed by atoms with van der Waals surface area (Å²) in [5.41, 5.74) is 0. The zero-order valence-electron chi connectivity index (χ0n) is 13.3. The number of hydrogen-bond acceptors (Lipinski definition) is 5. The van der Waals surface area contributed by atoms with E-state index in [0.29, 0.717) is 24.6 Å². The van der Waals surface area contributed by atoms with E-state index in [1.165, 1.54) is 0 Å². The molecule has 2 rings (SSSR count). The van der Waals surface area contributed by atoms with Crippen LogP contribution in [-0.4, -0.2) is 20.5 Å². The molecule has 0 unspecified atom stereocenters. The van der Waals surface area contributed by atoms with Crippen molar-refractivity contribution in [3.8, 4) is 11.8 Å². The van der Waals surface area contributed by atoms with E-state index < -0.39 is 0 Å². The molecule has 0 atom stereocenters. The third kappa shape index (κ3) is 5.59. The summed E-state index contributed by atoms with van der Waals surface area (Å²) in [7, 11) is 0. The fourth-order valence-electron chi connectivity index (χ4n) is 1.99. The highest BCUT2D eigenvalue weighted by Crippen LogP contribution is 2.21. The average molecular weight is 363 g/mol. The van der Waals surface area contributed by atoms with Gasteiger partial charge in [0.25, 0.3) is 0 Å². The van der Waals surface area contributed by atoms with E-state index in [-0.39, 0.29) is 0 Å². The number of rotatable bonds is 10. The van der Waals surface area contributed by atoms with Crippen molar-refractivity contribution in [2.45, 2.75) is 37.6 Å². The van der Waals surface area contributed by atoms with E-state index in [9.17, 15) is 0 Å². The Morgan fingerprint density at radius 1 is 1.29 bits per heavy atom. The molecule has 0 spiro atoms. The van der Waals surface area contributed by atoms with Gasteiger partial charge >= 0.3 is 0 Å². The van der Waals surface area contributed by atoms with Gasteiger partial charge in [0.1, 0.15) is 12.4 Å². The first-order chi connectivity index (χ1) is 11.7. The van der Waals surface area contributed by atoms with Gasteiger partial charge in [-0.1, -0.05) is 29.4 Å². The Labute approximate surface area is 151 Å². The first kappa shape index (κ1) is 18.4. The second-order valence-electron chi connectivity index (χ2n) is 5.00. The van der Waals surface area contributed by atoms with Gasteiger partial charge in [-0.3, -0.25) is 4.57 Å². The quantitative estimate of drug-likeness (QED) is 0.354. The van der Waals surface area contributed by atoms with Crippen LogP contribution in [0.3, 0.4) is 0 Å². The minimum Gasteiger partial charge on any atom is -0.486 e. The molecule has 0 aliphatic rings. The highest BCUT2D eigenvalue weighted by atomic mass is 35.5. The predicted molar refractivity (Wildman–Crippen MR) is 96.2 cm³/mol. The number of thioether (sulfide) groups is 1. The third-order valence-electron chi connectivity index (χ3n) is 3.20. The lowest BCUT2D eigenvalue weighted by molar-refractivity contribution is 0.289. The lowest BCUT2D eigenvalue weighted by Crippen LogP contribution is -2.07. The van der Waals surface area contributed by atoms with Gasteiger partial charge in [0, 0.05) is 23.7 Å². The first-order valence-electron chi connectivity index (χ1n) is 7.65. The lowest BCUT2D eigenvalue weighted by Gasteiger charge is -2.09. The third-order valence-corrected chi connectivity index (χ3v) is 4.51. The monoisotopic (exact) mass is 362 g/mol. The molecule has 0 saturated heterocycles. The number of halogens is 1. The van der Waals surface area contributed by atoms with Crippen LogP contribution in [0.25, 0.3) is 0 Å². The van der Waals surface area contributed by atoms with E-state index >= 15 is 0 Å². The number of allylic oxidation sites excluding steroid dienone is 1. The Morgan fingerprint density at radius 2 is 2.08 bits per heavy atom. The molecular formula is C17H19ClN4OS. The number of benzene rings is 1. The van der Waals surface area contributed by atoms with E-state index in [1.807, 2.05) is 22.8 Å². The maximum atomic E-state index is 8.55. The number of unbranched alkanes of at least 4 members (excludes halogenated alkanes) is 2. The topological polar surface area (TPSA) is 63.7 Å². The average Bonchev–Trinajstić information content (AvgIpc) is 2.97. The van der Waals surface area contributed by atoms with Crippen molar-refractivity contribution in [2.75, 3.05) is 5.75 Å². The molecule has 0 bridgehead atoms. The van der Waals surface area contributed by atoms with Crippen molar-refractivity contribution < 1.29 is 4.74 Å². The van der Waals surface area contributed by atoms with Crippen LogP contribution in [0.1, 0.15) is 25.1 Å².